The summed E-state index contributed by atoms with van der Waals surface area (Å²) in [5, 5.41) is 3.07. The van der Waals surface area contributed by atoms with Gasteiger partial charge >= 0.3 is 0 Å². The van der Waals surface area contributed by atoms with Crippen molar-refractivity contribution < 1.29 is 4.79 Å². The Balaban J connectivity index is 1.37. The van der Waals surface area contributed by atoms with Gasteiger partial charge in [0.1, 0.15) is 12.1 Å². The van der Waals surface area contributed by atoms with E-state index in [2.05, 4.69) is 30.2 Å². The average Bonchev–Trinajstić information content (AvgIpc) is 3.04. The average molecular weight is 368 g/mol. The van der Waals surface area contributed by atoms with Gasteiger partial charge < -0.3 is 10.3 Å². The molecule has 3 heterocycles. The summed E-state index contributed by atoms with van der Waals surface area (Å²) in [6.45, 7) is 2.51. The van der Waals surface area contributed by atoms with E-state index in [1.807, 2.05) is 6.20 Å². The zero-order chi connectivity index (χ0) is 18.5. The number of aromatic amines is 1. The van der Waals surface area contributed by atoms with Gasteiger partial charge in [0.2, 0.25) is 5.91 Å². The Morgan fingerprint density at radius 2 is 2.07 bits per heavy atom. The number of anilines is 1. The third-order valence-corrected chi connectivity index (χ3v) is 5.74. The first-order valence-corrected chi connectivity index (χ1v) is 10.1. The van der Waals surface area contributed by atoms with Crippen molar-refractivity contribution in [3.05, 3.63) is 35.8 Å². The van der Waals surface area contributed by atoms with Crippen LogP contribution in [0.15, 0.2) is 18.9 Å². The summed E-state index contributed by atoms with van der Waals surface area (Å²) >= 11 is 0. The number of carbonyl (C=O) groups excluding carboxylic acids is 1. The molecule has 0 saturated heterocycles. The number of amides is 1. The highest BCUT2D eigenvalue weighted by Gasteiger charge is 2.23. The Hall–Kier alpha value is -2.28. The molecule has 144 valence electrons. The van der Waals surface area contributed by atoms with Gasteiger partial charge in [-0.15, -0.1) is 0 Å². The highest BCUT2D eigenvalue weighted by molar-refractivity contribution is 5.90. The third-order valence-electron chi connectivity index (χ3n) is 5.74. The molecular formula is C20H28N6O. The van der Waals surface area contributed by atoms with Crippen LogP contribution in [-0.2, 0) is 24.3 Å². The van der Waals surface area contributed by atoms with E-state index in [4.69, 9.17) is 0 Å². The van der Waals surface area contributed by atoms with Crippen molar-refractivity contribution in [1.29, 1.82) is 0 Å². The summed E-state index contributed by atoms with van der Waals surface area (Å²) in [5.41, 5.74) is 3.21. The fourth-order valence-electron chi connectivity index (χ4n) is 4.28. The molecule has 2 aromatic heterocycles. The van der Waals surface area contributed by atoms with Crippen LogP contribution in [0.4, 0.5) is 5.82 Å². The Bertz CT molecular complexity index is 752. The van der Waals surface area contributed by atoms with Crippen LogP contribution in [0.25, 0.3) is 0 Å². The molecule has 0 atom stereocenters. The zero-order valence-corrected chi connectivity index (χ0v) is 15.8. The molecule has 4 rings (SSSR count). The number of aromatic nitrogens is 4. The highest BCUT2D eigenvalue weighted by Crippen LogP contribution is 2.27. The van der Waals surface area contributed by atoms with E-state index >= 15 is 0 Å². The highest BCUT2D eigenvalue weighted by atomic mass is 16.1. The molecule has 2 aromatic rings. The number of hydrogen-bond donors (Lipinski definition) is 2. The van der Waals surface area contributed by atoms with Crippen molar-refractivity contribution in [2.24, 2.45) is 5.92 Å². The van der Waals surface area contributed by atoms with Crippen LogP contribution in [0.1, 0.15) is 61.9 Å². The van der Waals surface area contributed by atoms with Gasteiger partial charge in [-0.3, -0.25) is 9.69 Å². The summed E-state index contributed by atoms with van der Waals surface area (Å²) in [6.07, 6.45) is 14.1. The molecule has 7 nitrogen and oxygen atoms in total. The summed E-state index contributed by atoms with van der Waals surface area (Å²) in [5.74, 6) is 1.33. The van der Waals surface area contributed by atoms with Gasteiger partial charge in [-0.1, -0.05) is 25.7 Å². The summed E-state index contributed by atoms with van der Waals surface area (Å²) in [6, 6.07) is 0. The molecule has 0 spiro atoms. The van der Waals surface area contributed by atoms with Gasteiger partial charge in [0, 0.05) is 43.5 Å². The molecule has 1 fully saturated rings. The van der Waals surface area contributed by atoms with Gasteiger partial charge in [-0.05, 0) is 25.2 Å². The van der Waals surface area contributed by atoms with Crippen LogP contribution in [0.5, 0.6) is 0 Å². The van der Waals surface area contributed by atoms with E-state index in [-0.39, 0.29) is 5.91 Å². The first kappa shape index (κ1) is 18.1. The van der Waals surface area contributed by atoms with Crippen LogP contribution in [0, 0.1) is 5.92 Å². The number of hydrogen-bond acceptors (Lipinski definition) is 5. The summed E-state index contributed by atoms with van der Waals surface area (Å²) in [4.78, 5) is 31.0. The molecule has 1 aliphatic carbocycles. The van der Waals surface area contributed by atoms with Crippen LogP contribution in [0.3, 0.4) is 0 Å². The predicted octanol–water partition coefficient (Wildman–Crippen LogP) is 3.06. The molecule has 2 aliphatic rings. The first-order chi connectivity index (χ1) is 13.3. The number of imidazole rings is 1. The Kier molecular flexibility index (Phi) is 5.77. The fourth-order valence-corrected chi connectivity index (χ4v) is 4.28. The van der Waals surface area contributed by atoms with E-state index in [1.54, 1.807) is 12.7 Å². The van der Waals surface area contributed by atoms with E-state index < -0.39 is 0 Å². The molecule has 0 unspecified atom stereocenters. The molecule has 27 heavy (non-hydrogen) atoms. The van der Waals surface area contributed by atoms with Crippen LogP contribution < -0.4 is 5.32 Å². The lowest BCUT2D eigenvalue weighted by atomic mass is 9.96. The first-order valence-electron chi connectivity index (χ1n) is 10.1. The fraction of sp³-hybridized carbons (Fsp3) is 0.600. The van der Waals surface area contributed by atoms with Gasteiger partial charge in [0.15, 0.2) is 0 Å². The Morgan fingerprint density at radius 3 is 2.85 bits per heavy atom. The maximum atomic E-state index is 12.6. The minimum Gasteiger partial charge on any atom is -0.347 e. The van der Waals surface area contributed by atoms with Crippen molar-refractivity contribution in [1.82, 2.24) is 24.8 Å². The van der Waals surface area contributed by atoms with Crippen molar-refractivity contribution in [3.8, 4) is 0 Å². The van der Waals surface area contributed by atoms with Gasteiger partial charge in [-0.2, -0.15) is 0 Å². The Labute approximate surface area is 160 Å². The number of H-pyrrole nitrogens is 1. The monoisotopic (exact) mass is 368 g/mol. The standard InChI is InChI=1S/C20H28N6O/c27-19(9-15-5-3-1-2-4-6-15)25-20-17-7-8-26(11-16-10-21-13-22-16)12-18(17)23-14-24-20/h10,13-15H,1-9,11-12H2,(H,21,22)(H,23,24,25,27). The molecule has 1 saturated carbocycles. The van der Waals surface area contributed by atoms with Crippen molar-refractivity contribution in [2.75, 3.05) is 11.9 Å². The number of rotatable bonds is 5. The van der Waals surface area contributed by atoms with E-state index in [0.717, 1.165) is 43.0 Å². The van der Waals surface area contributed by atoms with Gasteiger partial charge in [0.25, 0.3) is 0 Å². The topological polar surface area (TPSA) is 86.8 Å². The lowest BCUT2D eigenvalue weighted by Gasteiger charge is -2.28. The predicted molar refractivity (Wildman–Crippen MR) is 103 cm³/mol. The maximum absolute atomic E-state index is 12.6. The molecule has 0 aromatic carbocycles. The molecular weight excluding hydrogens is 340 g/mol. The van der Waals surface area contributed by atoms with Crippen LogP contribution in [-0.4, -0.2) is 37.3 Å². The van der Waals surface area contributed by atoms with Crippen molar-refractivity contribution in [3.63, 3.8) is 0 Å². The maximum Gasteiger partial charge on any atom is 0.225 e. The van der Waals surface area contributed by atoms with Crippen molar-refractivity contribution in [2.45, 2.75) is 64.5 Å². The van der Waals surface area contributed by atoms with Crippen molar-refractivity contribution >= 4 is 11.7 Å². The summed E-state index contributed by atoms with van der Waals surface area (Å²) < 4.78 is 0. The molecule has 2 N–H and O–H groups in total. The third kappa shape index (κ3) is 4.71. The Morgan fingerprint density at radius 1 is 1.22 bits per heavy atom. The second-order valence-electron chi connectivity index (χ2n) is 7.79. The second-order valence-corrected chi connectivity index (χ2v) is 7.79. The minimum absolute atomic E-state index is 0.0997. The van der Waals surface area contributed by atoms with E-state index in [0.29, 0.717) is 18.2 Å². The number of fused-ring (bicyclic) bond motifs is 1. The molecule has 1 aliphatic heterocycles. The van der Waals surface area contributed by atoms with E-state index in [1.165, 1.54) is 38.5 Å². The van der Waals surface area contributed by atoms with Crippen LogP contribution >= 0.6 is 0 Å². The minimum atomic E-state index is 0.0997. The van der Waals surface area contributed by atoms with E-state index in [9.17, 15) is 4.79 Å². The van der Waals surface area contributed by atoms with Gasteiger partial charge in [0.05, 0.1) is 12.0 Å². The number of nitrogens with zero attached hydrogens (tertiary/aromatic N) is 4. The van der Waals surface area contributed by atoms with Gasteiger partial charge in [-0.25, -0.2) is 15.0 Å². The quantitative estimate of drug-likeness (QED) is 0.792. The lowest BCUT2D eigenvalue weighted by Crippen LogP contribution is -2.32. The number of carbonyl (C=O) groups is 1. The molecule has 0 radical (unpaired) electrons. The normalized spacial score (nSPS) is 18.7. The smallest absolute Gasteiger partial charge is 0.225 e. The molecule has 7 heteroatoms. The summed E-state index contributed by atoms with van der Waals surface area (Å²) in [7, 11) is 0. The molecule has 0 bridgehead atoms. The lowest BCUT2D eigenvalue weighted by molar-refractivity contribution is -0.117. The second kappa shape index (κ2) is 8.61. The SMILES string of the molecule is O=C(CC1CCCCCC1)Nc1ncnc2c1CCN(Cc1cnc[nH]1)C2. The largest absolute Gasteiger partial charge is 0.347 e. The number of nitrogens with one attached hydrogen (secondary N) is 2. The van der Waals surface area contributed by atoms with Crippen LogP contribution in [0.2, 0.25) is 0 Å². The molecule has 1 amide bonds. The zero-order valence-electron chi connectivity index (χ0n) is 15.8.